The number of aryl methyl sites for hydroxylation is 1. The summed E-state index contributed by atoms with van der Waals surface area (Å²) in [6.45, 7) is 2.08. The predicted octanol–water partition coefficient (Wildman–Crippen LogP) is 2.33. The maximum absolute atomic E-state index is 12.3. The molecule has 3 rings (SSSR count). The van der Waals surface area contributed by atoms with Gasteiger partial charge in [0.1, 0.15) is 0 Å². The molecule has 1 aromatic heterocycles. The van der Waals surface area contributed by atoms with E-state index < -0.39 is 0 Å². The summed E-state index contributed by atoms with van der Waals surface area (Å²) < 4.78 is 0. The number of aromatic nitrogens is 2. The molecular weight excluding hydrogens is 276 g/mol. The van der Waals surface area contributed by atoms with Crippen molar-refractivity contribution in [3.8, 4) is 0 Å². The molecule has 2 N–H and O–H groups in total. The smallest absolute Gasteiger partial charge is 0.254 e. The lowest BCUT2D eigenvalue weighted by Crippen LogP contribution is -2.38. The van der Waals surface area contributed by atoms with E-state index in [9.17, 15) is 4.79 Å². The minimum atomic E-state index is -0.104. The highest BCUT2D eigenvalue weighted by atomic mass is 16.1. The Morgan fingerprint density at radius 1 is 1.18 bits per heavy atom. The molecule has 0 saturated heterocycles. The monoisotopic (exact) mass is 296 g/mol. The van der Waals surface area contributed by atoms with Crippen LogP contribution >= 0.6 is 0 Å². The van der Waals surface area contributed by atoms with Gasteiger partial charge in [-0.15, -0.1) is 0 Å². The molecule has 0 unspecified atom stereocenters. The molecule has 1 heterocycles. The highest BCUT2D eigenvalue weighted by molar-refractivity contribution is 5.94. The van der Waals surface area contributed by atoms with Crippen molar-refractivity contribution in [1.29, 1.82) is 0 Å². The van der Waals surface area contributed by atoms with Crippen molar-refractivity contribution in [2.45, 2.75) is 31.7 Å². The summed E-state index contributed by atoms with van der Waals surface area (Å²) in [5.74, 6) is 0.407. The van der Waals surface area contributed by atoms with E-state index in [0.29, 0.717) is 11.5 Å². The molecule has 1 fully saturated rings. The van der Waals surface area contributed by atoms with Gasteiger partial charge in [-0.2, -0.15) is 0 Å². The van der Waals surface area contributed by atoms with Crippen LogP contribution < -0.4 is 10.6 Å². The first-order chi connectivity index (χ1) is 10.6. The second kappa shape index (κ2) is 5.75. The summed E-state index contributed by atoms with van der Waals surface area (Å²) in [6.07, 6.45) is 6.00. The first-order valence-electron chi connectivity index (χ1n) is 7.48. The van der Waals surface area contributed by atoms with Gasteiger partial charge in [-0.25, -0.2) is 9.97 Å². The zero-order chi connectivity index (χ0) is 15.6. The van der Waals surface area contributed by atoms with Crippen molar-refractivity contribution in [3.63, 3.8) is 0 Å². The number of amides is 1. The van der Waals surface area contributed by atoms with Crippen molar-refractivity contribution < 1.29 is 4.79 Å². The Kier molecular flexibility index (Phi) is 3.79. The van der Waals surface area contributed by atoms with Gasteiger partial charge in [0.05, 0.1) is 5.56 Å². The predicted molar refractivity (Wildman–Crippen MR) is 85.9 cm³/mol. The molecule has 1 aromatic carbocycles. The van der Waals surface area contributed by atoms with Gasteiger partial charge in [0.15, 0.2) is 0 Å². The molecule has 114 valence electrons. The number of hydrogen-bond acceptors (Lipinski definition) is 4. The van der Waals surface area contributed by atoms with Gasteiger partial charge in [-0.05, 0) is 31.7 Å². The largest absolute Gasteiger partial charge is 0.357 e. The third-order valence-electron chi connectivity index (χ3n) is 4.03. The second-order valence-corrected chi connectivity index (χ2v) is 5.94. The van der Waals surface area contributed by atoms with Crippen molar-refractivity contribution in [3.05, 3.63) is 53.3 Å². The number of nitrogens with one attached hydrogen (secondary N) is 2. The van der Waals surface area contributed by atoms with E-state index >= 15 is 0 Å². The van der Waals surface area contributed by atoms with E-state index in [-0.39, 0.29) is 11.4 Å². The van der Waals surface area contributed by atoms with Gasteiger partial charge >= 0.3 is 0 Å². The lowest BCUT2D eigenvalue weighted by atomic mass is 10.0. The molecule has 2 aromatic rings. The Labute approximate surface area is 130 Å². The summed E-state index contributed by atoms with van der Waals surface area (Å²) >= 11 is 0. The van der Waals surface area contributed by atoms with Crippen LogP contribution in [0.2, 0.25) is 0 Å². The number of hydrogen-bond donors (Lipinski definition) is 2. The number of carbonyl (C=O) groups excluding carboxylic acids is 1. The van der Waals surface area contributed by atoms with Crippen molar-refractivity contribution >= 4 is 11.9 Å². The van der Waals surface area contributed by atoms with Crippen LogP contribution in [-0.4, -0.2) is 28.5 Å². The Bertz CT molecular complexity index is 660. The van der Waals surface area contributed by atoms with E-state index in [0.717, 1.165) is 19.3 Å². The molecule has 0 aliphatic heterocycles. The fourth-order valence-corrected chi connectivity index (χ4v) is 2.48. The zero-order valence-electron chi connectivity index (χ0n) is 12.9. The third-order valence-corrected chi connectivity index (χ3v) is 4.03. The topological polar surface area (TPSA) is 66.9 Å². The van der Waals surface area contributed by atoms with Crippen LogP contribution in [0.15, 0.2) is 36.7 Å². The van der Waals surface area contributed by atoms with E-state index in [1.165, 1.54) is 11.1 Å². The Morgan fingerprint density at radius 2 is 1.82 bits per heavy atom. The molecule has 5 heteroatoms. The highest BCUT2D eigenvalue weighted by Crippen LogP contribution is 2.38. The van der Waals surface area contributed by atoms with E-state index in [1.807, 2.05) is 0 Å². The fourth-order valence-electron chi connectivity index (χ4n) is 2.48. The van der Waals surface area contributed by atoms with Crippen molar-refractivity contribution in [1.82, 2.24) is 15.3 Å². The summed E-state index contributed by atoms with van der Waals surface area (Å²) in [5, 5.41) is 5.98. The van der Waals surface area contributed by atoms with E-state index in [1.54, 1.807) is 19.4 Å². The minimum absolute atomic E-state index is 0.103. The SMILES string of the molecule is CNc1ncc(C(=O)NC2(Cc3ccc(C)cc3)CC2)cn1. The number of benzene rings is 1. The van der Waals surface area contributed by atoms with Crippen LogP contribution in [0.5, 0.6) is 0 Å². The normalized spacial score (nSPS) is 15.2. The van der Waals surface area contributed by atoms with Crippen LogP contribution in [-0.2, 0) is 6.42 Å². The first-order valence-corrected chi connectivity index (χ1v) is 7.48. The van der Waals surface area contributed by atoms with Gasteiger partial charge in [0.25, 0.3) is 5.91 Å². The minimum Gasteiger partial charge on any atom is -0.357 e. The van der Waals surface area contributed by atoms with Crippen LogP contribution in [0.3, 0.4) is 0 Å². The molecule has 5 nitrogen and oxygen atoms in total. The fraction of sp³-hybridized carbons (Fsp3) is 0.353. The highest BCUT2D eigenvalue weighted by Gasteiger charge is 2.44. The van der Waals surface area contributed by atoms with Gasteiger partial charge in [-0.3, -0.25) is 4.79 Å². The lowest BCUT2D eigenvalue weighted by Gasteiger charge is -2.17. The average Bonchev–Trinajstić information content (AvgIpc) is 3.29. The summed E-state index contributed by atoms with van der Waals surface area (Å²) in [6, 6.07) is 8.48. The maximum Gasteiger partial charge on any atom is 0.254 e. The van der Waals surface area contributed by atoms with E-state index in [4.69, 9.17) is 0 Å². The third kappa shape index (κ3) is 3.24. The molecule has 0 radical (unpaired) electrons. The Morgan fingerprint density at radius 3 is 2.36 bits per heavy atom. The van der Waals surface area contributed by atoms with Crippen molar-refractivity contribution in [2.75, 3.05) is 12.4 Å². The van der Waals surface area contributed by atoms with Crippen LogP contribution in [0, 0.1) is 6.92 Å². The molecule has 1 amide bonds. The lowest BCUT2D eigenvalue weighted by molar-refractivity contribution is 0.0930. The second-order valence-electron chi connectivity index (χ2n) is 5.94. The molecule has 1 aliphatic carbocycles. The zero-order valence-corrected chi connectivity index (χ0v) is 12.9. The Balaban J connectivity index is 1.66. The molecule has 0 bridgehead atoms. The number of anilines is 1. The summed E-state index contributed by atoms with van der Waals surface area (Å²) in [7, 11) is 1.75. The number of rotatable bonds is 5. The van der Waals surface area contributed by atoms with Crippen LogP contribution in [0.4, 0.5) is 5.95 Å². The van der Waals surface area contributed by atoms with Gasteiger partial charge in [0.2, 0.25) is 5.95 Å². The van der Waals surface area contributed by atoms with Crippen LogP contribution in [0.1, 0.15) is 34.3 Å². The molecule has 0 atom stereocenters. The average molecular weight is 296 g/mol. The number of nitrogens with zero attached hydrogens (tertiary/aromatic N) is 2. The maximum atomic E-state index is 12.3. The van der Waals surface area contributed by atoms with Gasteiger partial charge in [-0.1, -0.05) is 29.8 Å². The van der Waals surface area contributed by atoms with Gasteiger partial charge in [0, 0.05) is 25.0 Å². The molecule has 0 spiro atoms. The molecule has 1 saturated carbocycles. The van der Waals surface area contributed by atoms with Crippen LogP contribution in [0.25, 0.3) is 0 Å². The van der Waals surface area contributed by atoms with Crippen molar-refractivity contribution in [2.24, 2.45) is 0 Å². The van der Waals surface area contributed by atoms with Gasteiger partial charge < -0.3 is 10.6 Å². The quantitative estimate of drug-likeness (QED) is 0.888. The first kappa shape index (κ1) is 14.5. The standard InChI is InChI=1S/C17H20N4O/c1-12-3-5-13(6-4-12)9-17(7-8-17)21-15(22)14-10-19-16(18-2)20-11-14/h3-6,10-11H,7-9H2,1-2H3,(H,21,22)(H,18,19,20). The number of carbonyl (C=O) groups is 1. The summed E-state index contributed by atoms with van der Waals surface area (Å²) in [5.41, 5.74) is 2.90. The molecule has 1 aliphatic rings. The summed E-state index contributed by atoms with van der Waals surface area (Å²) in [4.78, 5) is 20.5. The Hall–Kier alpha value is -2.43. The molecule has 22 heavy (non-hydrogen) atoms. The molecular formula is C17H20N4O. The van der Waals surface area contributed by atoms with E-state index in [2.05, 4.69) is 51.8 Å².